The summed E-state index contributed by atoms with van der Waals surface area (Å²) in [6.45, 7) is 2.79. The quantitative estimate of drug-likeness (QED) is 0.869. The molecule has 2 rings (SSSR count). The average molecular weight is 296 g/mol. The first-order valence-electron chi connectivity index (χ1n) is 6.23. The molecule has 20 heavy (non-hydrogen) atoms. The molecule has 0 amide bonds. The van der Waals surface area contributed by atoms with Crippen LogP contribution in [0.3, 0.4) is 0 Å². The SMILES string of the molecule is CCOc1cc(F)ccc1NCc1ccc(O)c(Cl)c1. The Labute approximate surface area is 122 Å². The highest BCUT2D eigenvalue weighted by molar-refractivity contribution is 6.32. The summed E-state index contributed by atoms with van der Waals surface area (Å²) in [7, 11) is 0. The molecule has 0 saturated carbocycles. The lowest BCUT2D eigenvalue weighted by Gasteiger charge is -2.12. The lowest BCUT2D eigenvalue weighted by molar-refractivity contribution is 0.340. The number of hydrogen-bond acceptors (Lipinski definition) is 3. The minimum atomic E-state index is -0.341. The number of anilines is 1. The van der Waals surface area contributed by atoms with Gasteiger partial charge < -0.3 is 15.2 Å². The molecule has 0 aliphatic heterocycles. The smallest absolute Gasteiger partial charge is 0.145 e. The van der Waals surface area contributed by atoms with Gasteiger partial charge in [0.2, 0.25) is 0 Å². The largest absolute Gasteiger partial charge is 0.506 e. The van der Waals surface area contributed by atoms with Gasteiger partial charge in [-0.3, -0.25) is 0 Å². The van der Waals surface area contributed by atoms with E-state index in [1.54, 1.807) is 18.2 Å². The molecule has 0 aliphatic carbocycles. The van der Waals surface area contributed by atoms with Crippen LogP contribution in [-0.4, -0.2) is 11.7 Å². The second-order valence-electron chi connectivity index (χ2n) is 4.21. The molecule has 0 aliphatic rings. The van der Waals surface area contributed by atoms with Gasteiger partial charge in [0.15, 0.2) is 0 Å². The maximum absolute atomic E-state index is 13.2. The van der Waals surface area contributed by atoms with E-state index in [1.165, 1.54) is 18.2 Å². The van der Waals surface area contributed by atoms with Gasteiger partial charge in [0.1, 0.15) is 17.3 Å². The topological polar surface area (TPSA) is 41.5 Å². The molecule has 5 heteroatoms. The average Bonchev–Trinajstić information content (AvgIpc) is 2.42. The van der Waals surface area contributed by atoms with E-state index in [0.29, 0.717) is 29.6 Å². The number of halogens is 2. The highest BCUT2D eigenvalue weighted by Crippen LogP contribution is 2.27. The number of rotatable bonds is 5. The number of ether oxygens (including phenoxy) is 1. The highest BCUT2D eigenvalue weighted by atomic mass is 35.5. The molecule has 106 valence electrons. The third kappa shape index (κ3) is 3.54. The summed E-state index contributed by atoms with van der Waals surface area (Å²) in [5, 5.41) is 12.8. The van der Waals surface area contributed by atoms with Crippen LogP contribution < -0.4 is 10.1 Å². The third-order valence-corrected chi connectivity index (χ3v) is 3.04. The standard InChI is InChI=1S/C15H15ClFNO2/c1-2-20-15-8-11(17)4-5-13(15)18-9-10-3-6-14(19)12(16)7-10/h3-8,18-19H,2,9H2,1H3. The van der Waals surface area contributed by atoms with Crippen LogP contribution in [0.1, 0.15) is 12.5 Å². The third-order valence-electron chi connectivity index (χ3n) is 2.74. The fraction of sp³-hybridized carbons (Fsp3) is 0.200. The van der Waals surface area contributed by atoms with E-state index in [9.17, 15) is 9.50 Å². The summed E-state index contributed by atoms with van der Waals surface area (Å²) in [4.78, 5) is 0. The summed E-state index contributed by atoms with van der Waals surface area (Å²) in [6.07, 6.45) is 0. The van der Waals surface area contributed by atoms with Crippen LogP contribution in [0.25, 0.3) is 0 Å². The van der Waals surface area contributed by atoms with Crippen molar-refractivity contribution < 1.29 is 14.2 Å². The second kappa shape index (κ2) is 6.48. The first-order chi connectivity index (χ1) is 9.60. The van der Waals surface area contributed by atoms with Crippen molar-refractivity contribution in [3.05, 3.63) is 52.8 Å². The Morgan fingerprint density at radius 3 is 2.75 bits per heavy atom. The Hall–Kier alpha value is -1.94. The number of phenols is 1. The molecule has 0 bridgehead atoms. The summed E-state index contributed by atoms with van der Waals surface area (Å²) in [5.74, 6) is 0.177. The lowest BCUT2D eigenvalue weighted by atomic mass is 10.2. The second-order valence-corrected chi connectivity index (χ2v) is 4.62. The first kappa shape index (κ1) is 14.5. The maximum Gasteiger partial charge on any atom is 0.145 e. The predicted molar refractivity (Wildman–Crippen MR) is 78.0 cm³/mol. The van der Waals surface area contributed by atoms with Crippen molar-refractivity contribution >= 4 is 17.3 Å². The van der Waals surface area contributed by atoms with E-state index < -0.39 is 0 Å². The van der Waals surface area contributed by atoms with Crippen molar-refractivity contribution in [3.63, 3.8) is 0 Å². The van der Waals surface area contributed by atoms with Crippen LogP contribution in [0, 0.1) is 5.82 Å². The molecule has 3 nitrogen and oxygen atoms in total. The molecule has 2 aromatic carbocycles. The normalized spacial score (nSPS) is 10.3. The molecule has 0 atom stereocenters. The number of phenolic OH excluding ortho intramolecular Hbond substituents is 1. The van der Waals surface area contributed by atoms with Crippen LogP contribution in [0.15, 0.2) is 36.4 Å². The van der Waals surface area contributed by atoms with E-state index in [-0.39, 0.29) is 11.6 Å². The van der Waals surface area contributed by atoms with Gasteiger partial charge in [-0.25, -0.2) is 4.39 Å². The molecule has 0 aromatic heterocycles. The van der Waals surface area contributed by atoms with Gasteiger partial charge in [-0.2, -0.15) is 0 Å². The summed E-state index contributed by atoms with van der Waals surface area (Å²) in [5.41, 5.74) is 1.61. The van der Waals surface area contributed by atoms with Crippen molar-refractivity contribution in [1.82, 2.24) is 0 Å². The summed E-state index contributed by atoms with van der Waals surface area (Å²) in [6, 6.07) is 9.31. The number of hydrogen-bond donors (Lipinski definition) is 2. The first-order valence-corrected chi connectivity index (χ1v) is 6.61. The molecule has 2 aromatic rings. The minimum absolute atomic E-state index is 0.0483. The van der Waals surface area contributed by atoms with Gasteiger partial charge >= 0.3 is 0 Å². The Bertz CT molecular complexity index is 604. The fourth-order valence-electron chi connectivity index (χ4n) is 1.77. The van der Waals surface area contributed by atoms with Gasteiger partial charge in [0, 0.05) is 12.6 Å². The van der Waals surface area contributed by atoms with E-state index >= 15 is 0 Å². The lowest BCUT2D eigenvalue weighted by Crippen LogP contribution is -2.03. The Morgan fingerprint density at radius 2 is 2.05 bits per heavy atom. The van der Waals surface area contributed by atoms with Crippen molar-refractivity contribution in [2.45, 2.75) is 13.5 Å². The van der Waals surface area contributed by atoms with Gasteiger partial charge in [0.25, 0.3) is 0 Å². The van der Waals surface area contributed by atoms with Gasteiger partial charge in [-0.05, 0) is 36.8 Å². The van der Waals surface area contributed by atoms with Crippen LogP contribution >= 0.6 is 11.6 Å². The monoisotopic (exact) mass is 295 g/mol. The highest BCUT2D eigenvalue weighted by Gasteiger charge is 2.06. The van der Waals surface area contributed by atoms with Gasteiger partial charge in [-0.15, -0.1) is 0 Å². The molecule has 0 unspecified atom stereocenters. The maximum atomic E-state index is 13.2. The molecular formula is C15H15ClFNO2. The van der Waals surface area contributed by atoms with Crippen molar-refractivity contribution in [2.75, 3.05) is 11.9 Å². The van der Waals surface area contributed by atoms with E-state index in [1.807, 2.05) is 6.92 Å². The molecular weight excluding hydrogens is 281 g/mol. The number of aromatic hydroxyl groups is 1. The molecule has 0 radical (unpaired) electrons. The predicted octanol–water partition coefficient (Wildman–Crippen LogP) is 4.20. The van der Waals surface area contributed by atoms with Crippen molar-refractivity contribution in [1.29, 1.82) is 0 Å². The summed E-state index contributed by atoms with van der Waals surface area (Å²) < 4.78 is 18.6. The molecule has 0 spiro atoms. The van der Waals surface area contributed by atoms with Crippen LogP contribution in [0.4, 0.5) is 10.1 Å². The Balaban J connectivity index is 2.11. The summed E-state index contributed by atoms with van der Waals surface area (Å²) >= 11 is 5.85. The molecule has 0 heterocycles. The van der Waals surface area contributed by atoms with E-state index in [0.717, 1.165) is 5.56 Å². The van der Waals surface area contributed by atoms with Crippen molar-refractivity contribution in [2.24, 2.45) is 0 Å². The fourth-order valence-corrected chi connectivity index (χ4v) is 1.98. The number of nitrogens with one attached hydrogen (secondary N) is 1. The van der Waals surface area contributed by atoms with Crippen LogP contribution in [-0.2, 0) is 6.54 Å². The molecule has 0 saturated heterocycles. The van der Waals surface area contributed by atoms with Crippen molar-refractivity contribution in [3.8, 4) is 11.5 Å². The Morgan fingerprint density at radius 1 is 1.25 bits per heavy atom. The van der Waals surface area contributed by atoms with E-state index in [4.69, 9.17) is 16.3 Å². The van der Waals surface area contributed by atoms with Gasteiger partial charge in [-0.1, -0.05) is 17.7 Å². The van der Waals surface area contributed by atoms with Crippen LogP contribution in [0.5, 0.6) is 11.5 Å². The Kier molecular flexibility index (Phi) is 4.69. The zero-order valence-electron chi connectivity index (χ0n) is 11.0. The zero-order valence-corrected chi connectivity index (χ0v) is 11.7. The van der Waals surface area contributed by atoms with Gasteiger partial charge in [0.05, 0.1) is 17.3 Å². The number of benzene rings is 2. The molecule has 2 N–H and O–H groups in total. The molecule has 0 fully saturated rings. The zero-order chi connectivity index (χ0) is 14.5. The van der Waals surface area contributed by atoms with E-state index in [2.05, 4.69) is 5.32 Å². The minimum Gasteiger partial charge on any atom is -0.506 e. The van der Waals surface area contributed by atoms with Crippen LogP contribution in [0.2, 0.25) is 5.02 Å².